The average molecular weight is 520 g/mol. The molecule has 0 radical (unpaired) electrons. The molecule has 2 aliphatic rings. The van der Waals surface area contributed by atoms with Gasteiger partial charge in [0.25, 0.3) is 5.91 Å². The Hall–Kier alpha value is -4.43. The predicted octanol–water partition coefficient (Wildman–Crippen LogP) is 4.99. The van der Waals surface area contributed by atoms with Gasteiger partial charge in [-0.15, -0.1) is 0 Å². The van der Waals surface area contributed by atoms with Crippen molar-refractivity contribution in [3.8, 4) is 40.1 Å². The minimum Gasteiger partial charge on any atom is -0.378 e. The van der Waals surface area contributed by atoms with Crippen molar-refractivity contribution in [1.29, 1.82) is 5.26 Å². The van der Waals surface area contributed by atoms with Crippen molar-refractivity contribution in [1.82, 2.24) is 15.6 Å². The smallest absolute Gasteiger partial charge is 0.378 e. The topological polar surface area (TPSA) is 125 Å². The number of halogens is 3. The molecule has 4 aromatic rings. The third-order valence-electron chi connectivity index (χ3n) is 6.93. The lowest BCUT2D eigenvalue weighted by Gasteiger charge is -2.19. The van der Waals surface area contributed by atoms with Gasteiger partial charge in [0.15, 0.2) is 23.3 Å². The molecular weight excluding hydrogens is 501 g/mol. The number of nitrogens with zero attached hydrogens (tertiary/aromatic N) is 3. The van der Waals surface area contributed by atoms with Crippen LogP contribution >= 0.6 is 0 Å². The van der Waals surface area contributed by atoms with Crippen LogP contribution in [0.5, 0.6) is 0 Å². The largest absolute Gasteiger partial charge is 0.422 e. The number of benzene rings is 2. The van der Waals surface area contributed by atoms with E-state index in [4.69, 9.17) is 9.05 Å². The standard InChI is InChI=1S/C27H19F3N4O4/c28-27(29,30)19-21(34-37-23(19)14-4-2-1-3-5-14)24-18-9-6-15-12-16(7-8-17(15)20(18)33-38-24)22(35)25(36)32-26(13-31)10-11-26/h1-5,7-8,12,22,35H,6,9-11H2,(H,32,36)/t22-/m1/s1. The summed E-state index contributed by atoms with van der Waals surface area (Å²) in [6.45, 7) is 0. The number of fused-ring (bicyclic) bond motifs is 3. The number of hydrogen-bond donors (Lipinski definition) is 2. The van der Waals surface area contributed by atoms with Gasteiger partial charge >= 0.3 is 6.18 Å². The molecule has 1 saturated carbocycles. The number of rotatable bonds is 5. The second-order valence-electron chi connectivity index (χ2n) is 9.44. The number of carbonyl (C=O) groups excluding carboxylic acids is 1. The predicted molar refractivity (Wildman–Crippen MR) is 126 cm³/mol. The first-order chi connectivity index (χ1) is 18.2. The zero-order chi connectivity index (χ0) is 26.7. The lowest BCUT2D eigenvalue weighted by molar-refractivity contribution is -0.137. The molecule has 6 rings (SSSR count). The van der Waals surface area contributed by atoms with Crippen molar-refractivity contribution in [2.45, 2.75) is 43.5 Å². The number of aromatic nitrogens is 2. The molecule has 192 valence electrons. The molecule has 1 amide bonds. The number of amides is 1. The van der Waals surface area contributed by atoms with Gasteiger partial charge < -0.3 is 19.5 Å². The van der Waals surface area contributed by atoms with Crippen LogP contribution in [0, 0.1) is 11.3 Å². The van der Waals surface area contributed by atoms with Gasteiger partial charge in [-0.05, 0) is 36.8 Å². The first kappa shape index (κ1) is 23.9. The average Bonchev–Trinajstić information content (AvgIpc) is 3.33. The van der Waals surface area contributed by atoms with E-state index in [1.807, 2.05) is 6.07 Å². The maximum Gasteiger partial charge on any atom is 0.422 e. The van der Waals surface area contributed by atoms with Crippen molar-refractivity contribution in [2.24, 2.45) is 0 Å². The lowest BCUT2D eigenvalue weighted by atomic mass is 9.86. The van der Waals surface area contributed by atoms with Gasteiger partial charge in [0.1, 0.15) is 16.8 Å². The van der Waals surface area contributed by atoms with Crippen LogP contribution < -0.4 is 5.32 Å². The minimum atomic E-state index is -4.76. The molecule has 2 heterocycles. The van der Waals surface area contributed by atoms with Crippen LogP contribution in [0.3, 0.4) is 0 Å². The van der Waals surface area contributed by atoms with Crippen LogP contribution in [-0.2, 0) is 23.8 Å². The van der Waals surface area contributed by atoms with Gasteiger partial charge in [0.2, 0.25) is 0 Å². The van der Waals surface area contributed by atoms with Gasteiger partial charge in [0, 0.05) is 16.7 Å². The molecule has 8 nitrogen and oxygen atoms in total. The Bertz CT molecular complexity index is 1600. The fourth-order valence-corrected chi connectivity index (χ4v) is 4.76. The molecule has 0 bridgehead atoms. The quantitative estimate of drug-likeness (QED) is 0.380. The molecule has 2 N–H and O–H groups in total. The Morgan fingerprint density at radius 2 is 1.76 bits per heavy atom. The van der Waals surface area contributed by atoms with Crippen LogP contribution in [0.15, 0.2) is 57.6 Å². The second kappa shape index (κ2) is 8.56. The molecule has 1 atom stereocenters. The van der Waals surface area contributed by atoms with E-state index in [0.717, 1.165) is 5.56 Å². The molecule has 11 heteroatoms. The van der Waals surface area contributed by atoms with Crippen LogP contribution in [0.2, 0.25) is 0 Å². The number of aliphatic hydroxyl groups excluding tert-OH is 1. The summed E-state index contributed by atoms with van der Waals surface area (Å²) < 4.78 is 53.1. The summed E-state index contributed by atoms with van der Waals surface area (Å²) in [6, 6.07) is 14.8. The Labute approximate surface area is 213 Å². The number of carbonyl (C=O) groups is 1. The van der Waals surface area contributed by atoms with Crippen molar-refractivity contribution in [3.05, 3.63) is 70.8 Å². The first-order valence-corrected chi connectivity index (χ1v) is 11.9. The van der Waals surface area contributed by atoms with Gasteiger partial charge in [-0.2, -0.15) is 18.4 Å². The molecule has 2 aromatic carbocycles. The summed E-state index contributed by atoms with van der Waals surface area (Å²) in [5.74, 6) is -1.18. The number of nitrogens with one attached hydrogen (secondary N) is 1. The van der Waals surface area contributed by atoms with E-state index in [9.17, 15) is 28.3 Å². The van der Waals surface area contributed by atoms with Crippen LogP contribution in [0.4, 0.5) is 13.2 Å². The van der Waals surface area contributed by atoms with Crippen molar-refractivity contribution in [3.63, 3.8) is 0 Å². The van der Waals surface area contributed by atoms with E-state index in [0.29, 0.717) is 48.1 Å². The first-order valence-electron chi connectivity index (χ1n) is 11.9. The van der Waals surface area contributed by atoms with E-state index >= 15 is 0 Å². The molecule has 0 aliphatic heterocycles. The molecule has 1 fully saturated rings. The van der Waals surface area contributed by atoms with E-state index in [1.54, 1.807) is 36.4 Å². The van der Waals surface area contributed by atoms with Gasteiger partial charge in [-0.25, -0.2) is 0 Å². The second-order valence-corrected chi connectivity index (χ2v) is 9.44. The Balaban J connectivity index is 1.34. The van der Waals surface area contributed by atoms with E-state index in [-0.39, 0.29) is 11.3 Å². The normalized spacial score (nSPS) is 16.2. The summed E-state index contributed by atoms with van der Waals surface area (Å²) in [4.78, 5) is 12.5. The molecule has 38 heavy (non-hydrogen) atoms. The lowest BCUT2D eigenvalue weighted by Crippen LogP contribution is -2.38. The van der Waals surface area contributed by atoms with E-state index in [2.05, 4.69) is 15.6 Å². The summed E-state index contributed by atoms with van der Waals surface area (Å²) in [5.41, 5.74) is 0.359. The molecule has 0 saturated heterocycles. The fourth-order valence-electron chi connectivity index (χ4n) is 4.76. The molecule has 0 unspecified atom stereocenters. The molecular formula is C27H19F3N4O4. The number of nitriles is 1. The highest BCUT2D eigenvalue weighted by Gasteiger charge is 2.46. The summed E-state index contributed by atoms with van der Waals surface area (Å²) in [5, 5.41) is 30.1. The number of alkyl halides is 3. The number of aliphatic hydroxyl groups is 1. The van der Waals surface area contributed by atoms with Crippen LogP contribution in [0.25, 0.3) is 34.0 Å². The van der Waals surface area contributed by atoms with Crippen LogP contribution in [0.1, 0.15) is 41.2 Å². The van der Waals surface area contributed by atoms with Crippen LogP contribution in [-0.4, -0.2) is 26.9 Å². The van der Waals surface area contributed by atoms with Crippen molar-refractivity contribution < 1.29 is 32.1 Å². The van der Waals surface area contributed by atoms with E-state index < -0.39 is 40.7 Å². The third-order valence-corrected chi connectivity index (χ3v) is 6.93. The van der Waals surface area contributed by atoms with Crippen molar-refractivity contribution >= 4 is 5.91 Å². The monoisotopic (exact) mass is 520 g/mol. The maximum absolute atomic E-state index is 14.2. The summed E-state index contributed by atoms with van der Waals surface area (Å²) in [6.07, 6.45) is -4.44. The summed E-state index contributed by atoms with van der Waals surface area (Å²) >= 11 is 0. The zero-order valence-electron chi connectivity index (χ0n) is 19.7. The number of aryl methyl sites for hydroxylation is 1. The van der Waals surface area contributed by atoms with E-state index in [1.165, 1.54) is 12.1 Å². The molecule has 0 spiro atoms. The minimum absolute atomic E-state index is 0.112. The number of hydrogen-bond acceptors (Lipinski definition) is 7. The molecule has 2 aromatic heterocycles. The Morgan fingerprint density at radius 3 is 2.45 bits per heavy atom. The van der Waals surface area contributed by atoms with Gasteiger partial charge in [0.05, 0.1) is 6.07 Å². The van der Waals surface area contributed by atoms with Crippen molar-refractivity contribution in [2.75, 3.05) is 0 Å². The highest BCUT2D eigenvalue weighted by atomic mass is 19.4. The highest BCUT2D eigenvalue weighted by molar-refractivity contribution is 5.84. The fraction of sp³-hybridized carbons (Fsp3) is 0.259. The zero-order valence-corrected chi connectivity index (χ0v) is 19.7. The molecule has 2 aliphatic carbocycles. The Kier molecular flexibility index (Phi) is 5.39. The van der Waals surface area contributed by atoms with Gasteiger partial charge in [-0.1, -0.05) is 58.8 Å². The van der Waals surface area contributed by atoms with Gasteiger partial charge in [-0.3, -0.25) is 4.79 Å². The SMILES string of the molecule is N#CC1(NC(=O)[C@H](O)c2ccc3c(c2)CCc2c-3noc2-c2noc(-c3ccccc3)c2C(F)(F)F)CC1. The maximum atomic E-state index is 14.2. The summed E-state index contributed by atoms with van der Waals surface area (Å²) in [7, 11) is 0. The third kappa shape index (κ3) is 3.94. The Morgan fingerprint density at radius 1 is 1.05 bits per heavy atom. The highest BCUT2D eigenvalue weighted by Crippen LogP contribution is 2.46.